The van der Waals surface area contributed by atoms with Gasteiger partial charge in [-0.2, -0.15) is 0 Å². The highest BCUT2D eigenvalue weighted by Crippen LogP contribution is 2.32. The summed E-state index contributed by atoms with van der Waals surface area (Å²) in [5.41, 5.74) is 0.0418. The van der Waals surface area contributed by atoms with Gasteiger partial charge in [-0.1, -0.05) is 109 Å². The minimum absolute atomic E-state index is 0.00697. The average molecular weight is 562 g/mol. The minimum atomic E-state index is -0.845. The van der Waals surface area contributed by atoms with E-state index >= 15 is 0 Å². The summed E-state index contributed by atoms with van der Waals surface area (Å²) in [4.78, 5) is 66.1. The van der Waals surface area contributed by atoms with Gasteiger partial charge < -0.3 is 5.32 Å². The summed E-state index contributed by atoms with van der Waals surface area (Å²) in [6.07, 6.45) is 5.50. The molecule has 1 aliphatic carbocycles. The van der Waals surface area contributed by atoms with Gasteiger partial charge in [0.15, 0.2) is 17.3 Å². The van der Waals surface area contributed by atoms with Crippen LogP contribution in [0.3, 0.4) is 0 Å². The lowest BCUT2D eigenvalue weighted by Gasteiger charge is -2.30. The van der Waals surface area contributed by atoms with Crippen LogP contribution in [-0.4, -0.2) is 35.1 Å². The van der Waals surface area contributed by atoms with Crippen molar-refractivity contribution in [3.05, 3.63) is 48.0 Å². The van der Waals surface area contributed by atoms with E-state index in [1.54, 1.807) is 13.0 Å². The number of benzene rings is 2. The zero-order chi connectivity index (χ0) is 30.3. The van der Waals surface area contributed by atoms with Crippen molar-refractivity contribution < 1.29 is 24.0 Å². The first-order valence-electron chi connectivity index (χ1n) is 15.2. The van der Waals surface area contributed by atoms with Crippen LogP contribution in [0.15, 0.2) is 42.5 Å². The minimum Gasteiger partial charge on any atom is -0.346 e. The monoisotopic (exact) mass is 561 g/mol. The average Bonchev–Trinajstić information content (AvgIpc) is 2.93. The second kappa shape index (κ2) is 14.2. The summed E-state index contributed by atoms with van der Waals surface area (Å²) in [6, 6.07) is 12.4. The standard InChI is InChI=1S/C35H47NO5/c1-22(2)28(33(40)32(39)19-24-13-8-7-9-14-24)20-30(37)23(3)36-34(41)29(35(4,5)6)21-31(38)27-18-12-16-25-15-10-11-17-26(25)27/h10-12,15-18,22-24,28-29H,7-9,13-14,19-21H2,1-6H3,(H,36,41)/t23-,28-,29+/m0/s1. The van der Waals surface area contributed by atoms with Gasteiger partial charge in [0.2, 0.25) is 11.7 Å². The van der Waals surface area contributed by atoms with Crippen LogP contribution >= 0.6 is 0 Å². The number of rotatable bonds is 13. The Kier molecular flexibility index (Phi) is 11.2. The second-order valence-electron chi connectivity index (χ2n) is 13.3. The van der Waals surface area contributed by atoms with Crippen molar-refractivity contribution in [1.29, 1.82) is 0 Å². The van der Waals surface area contributed by atoms with Gasteiger partial charge in [0.1, 0.15) is 0 Å². The van der Waals surface area contributed by atoms with E-state index in [1.807, 2.05) is 71.0 Å². The fraction of sp³-hybridized carbons (Fsp3) is 0.571. The molecule has 0 spiro atoms. The van der Waals surface area contributed by atoms with E-state index in [-0.39, 0.29) is 54.4 Å². The van der Waals surface area contributed by atoms with Gasteiger partial charge in [-0.3, -0.25) is 24.0 Å². The molecule has 0 heterocycles. The Bertz CT molecular complexity index is 1260. The van der Waals surface area contributed by atoms with Crippen LogP contribution in [0, 0.1) is 29.1 Å². The van der Waals surface area contributed by atoms with Gasteiger partial charge in [0, 0.05) is 30.7 Å². The van der Waals surface area contributed by atoms with Crippen LogP contribution in [0.25, 0.3) is 10.8 Å². The summed E-state index contributed by atoms with van der Waals surface area (Å²) in [6.45, 7) is 11.0. The van der Waals surface area contributed by atoms with E-state index in [2.05, 4.69) is 5.32 Å². The molecule has 1 amide bonds. The van der Waals surface area contributed by atoms with Gasteiger partial charge in [0.05, 0.1) is 12.0 Å². The predicted molar refractivity (Wildman–Crippen MR) is 163 cm³/mol. The zero-order valence-electron chi connectivity index (χ0n) is 25.6. The maximum Gasteiger partial charge on any atom is 0.224 e. The van der Waals surface area contributed by atoms with Gasteiger partial charge in [-0.15, -0.1) is 0 Å². The molecule has 1 aliphatic rings. The SMILES string of the molecule is CC(C)[C@H](CC(=O)[C@H](C)NC(=O)[C@@H](CC(=O)c1cccc2ccccc12)C(C)(C)C)C(=O)C(=O)CC1CCCCC1. The number of ketones is 4. The highest BCUT2D eigenvalue weighted by atomic mass is 16.2. The molecule has 6 nitrogen and oxygen atoms in total. The third-order valence-electron chi connectivity index (χ3n) is 8.72. The topological polar surface area (TPSA) is 97.4 Å². The number of hydrogen-bond donors (Lipinski definition) is 1. The molecule has 2 aromatic carbocycles. The molecule has 0 bridgehead atoms. The van der Waals surface area contributed by atoms with E-state index < -0.39 is 29.1 Å². The Morgan fingerprint density at radius 3 is 2.12 bits per heavy atom. The Morgan fingerprint density at radius 1 is 0.854 bits per heavy atom. The summed E-state index contributed by atoms with van der Waals surface area (Å²) in [7, 11) is 0. The fourth-order valence-corrected chi connectivity index (χ4v) is 5.94. The van der Waals surface area contributed by atoms with Gasteiger partial charge in [-0.05, 0) is 34.9 Å². The molecule has 3 rings (SSSR count). The lowest BCUT2D eigenvalue weighted by atomic mass is 9.76. The summed E-state index contributed by atoms with van der Waals surface area (Å²) in [5.74, 6) is -2.91. The molecule has 222 valence electrons. The van der Waals surface area contributed by atoms with Gasteiger partial charge in [-0.25, -0.2) is 0 Å². The Hall–Kier alpha value is -3.15. The van der Waals surface area contributed by atoms with Crippen molar-refractivity contribution in [2.24, 2.45) is 29.1 Å². The third kappa shape index (κ3) is 8.67. The molecule has 1 saturated carbocycles. The van der Waals surface area contributed by atoms with Crippen molar-refractivity contribution >= 4 is 39.8 Å². The third-order valence-corrected chi connectivity index (χ3v) is 8.72. The first-order valence-corrected chi connectivity index (χ1v) is 15.2. The van der Waals surface area contributed by atoms with E-state index in [9.17, 15) is 24.0 Å². The van der Waals surface area contributed by atoms with E-state index in [4.69, 9.17) is 0 Å². The van der Waals surface area contributed by atoms with Gasteiger partial charge >= 0.3 is 0 Å². The molecule has 41 heavy (non-hydrogen) atoms. The molecule has 0 aromatic heterocycles. The second-order valence-corrected chi connectivity index (χ2v) is 13.3. The van der Waals surface area contributed by atoms with Gasteiger partial charge in [0.25, 0.3) is 0 Å². The van der Waals surface area contributed by atoms with Crippen LogP contribution < -0.4 is 5.32 Å². The normalized spacial score (nSPS) is 16.7. The molecule has 3 atom stereocenters. The number of Topliss-reactive ketones (excluding diaryl/α,β-unsaturated/α-hetero) is 4. The van der Waals surface area contributed by atoms with E-state index in [0.29, 0.717) is 5.56 Å². The number of hydrogen-bond acceptors (Lipinski definition) is 5. The van der Waals surface area contributed by atoms with Crippen LogP contribution in [0.2, 0.25) is 0 Å². The number of amides is 1. The van der Waals surface area contributed by atoms with Crippen molar-refractivity contribution in [3.63, 3.8) is 0 Å². The predicted octanol–water partition coefficient (Wildman–Crippen LogP) is 6.92. The highest BCUT2D eigenvalue weighted by molar-refractivity contribution is 6.38. The van der Waals surface area contributed by atoms with Crippen molar-refractivity contribution in [1.82, 2.24) is 5.32 Å². The molecule has 0 aliphatic heterocycles. The molecule has 1 N–H and O–H groups in total. The van der Waals surface area contributed by atoms with E-state index in [1.165, 1.54) is 6.42 Å². The number of carbonyl (C=O) groups excluding carboxylic acids is 5. The zero-order valence-corrected chi connectivity index (χ0v) is 25.6. The van der Waals surface area contributed by atoms with Crippen molar-refractivity contribution in [3.8, 4) is 0 Å². The van der Waals surface area contributed by atoms with Crippen LogP contribution in [-0.2, 0) is 19.2 Å². The van der Waals surface area contributed by atoms with Crippen molar-refractivity contribution in [2.75, 3.05) is 0 Å². The maximum absolute atomic E-state index is 13.5. The number of carbonyl (C=O) groups is 5. The largest absolute Gasteiger partial charge is 0.346 e. The van der Waals surface area contributed by atoms with Crippen LogP contribution in [0.1, 0.15) is 103 Å². The maximum atomic E-state index is 13.5. The molecule has 1 fully saturated rings. The summed E-state index contributed by atoms with van der Waals surface area (Å²) in [5, 5.41) is 4.63. The van der Waals surface area contributed by atoms with Crippen LogP contribution in [0.4, 0.5) is 0 Å². The Balaban J connectivity index is 1.66. The quantitative estimate of drug-likeness (QED) is 0.211. The highest BCUT2D eigenvalue weighted by Gasteiger charge is 2.36. The summed E-state index contributed by atoms with van der Waals surface area (Å²) >= 11 is 0. The molecular weight excluding hydrogens is 514 g/mol. The number of nitrogens with one attached hydrogen (secondary N) is 1. The number of fused-ring (bicyclic) bond motifs is 1. The molecule has 6 heteroatoms. The molecule has 0 saturated heterocycles. The Morgan fingerprint density at radius 2 is 1.49 bits per heavy atom. The fourth-order valence-electron chi connectivity index (χ4n) is 5.94. The summed E-state index contributed by atoms with van der Waals surface area (Å²) < 4.78 is 0. The first-order chi connectivity index (χ1) is 19.3. The van der Waals surface area contributed by atoms with Crippen molar-refractivity contribution in [2.45, 2.75) is 99.0 Å². The van der Waals surface area contributed by atoms with Crippen LogP contribution in [0.5, 0.6) is 0 Å². The molecule has 2 aromatic rings. The molecule has 0 radical (unpaired) electrons. The lowest BCUT2D eigenvalue weighted by Crippen LogP contribution is -2.46. The van der Waals surface area contributed by atoms with E-state index in [0.717, 1.165) is 36.5 Å². The first kappa shape index (κ1) is 32.4. The lowest BCUT2D eigenvalue weighted by molar-refractivity contribution is -0.142. The molecule has 0 unspecified atom stereocenters. The Labute approximate surface area is 245 Å². The molecular formula is C35H47NO5. The smallest absolute Gasteiger partial charge is 0.224 e.